The maximum absolute atomic E-state index is 17.4. The molecule has 5 saturated heterocycles. The molecule has 6 N–H and O–H groups in total. The highest BCUT2D eigenvalue weighted by molar-refractivity contribution is 7.13. The number of nitrogens with one attached hydrogen (secondary N) is 4. The van der Waals surface area contributed by atoms with Gasteiger partial charge in [-0.1, -0.05) is 89.1 Å². The molecule has 5 aromatic rings. The van der Waals surface area contributed by atoms with E-state index in [1.807, 2.05) is 64.4 Å². The molecular formula is C69H87F2N11O8S. The number of alkyl carbamates (subject to hydrolysis) is 1. The van der Waals surface area contributed by atoms with Crippen molar-refractivity contribution in [3.05, 3.63) is 93.5 Å². The summed E-state index contributed by atoms with van der Waals surface area (Å²) in [4.78, 5) is 79.4. The summed E-state index contributed by atoms with van der Waals surface area (Å²) in [7, 11) is 0. The number of carbonyl (C=O) groups is 4. The lowest BCUT2D eigenvalue weighted by molar-refractivity contribution is -0.144. The van der Waals surface area contributed by atoms with Crippen LogP contribution in [0.3, 0.4) is 0 Å². The monoisotopic (exact) mass is 1270 g/mol. The number of terminal acetylenes is 1. The Morgan fingerprint density at radius 3 is 2.38 bits per heavy atom. The number of ether oxygens (including phenoxy) is 2. The molecule has 7 heterocycles. The molecule has 19 nitrogen and oxygen atoms in total. The number of anilines is 1. The van der Waals surface area contributed by atoms with Crippen LogP contribution in [0.5, 0.6) is 11.8 Å². The number of benzene rings is 3. The number of rotatable bonds is 25. The Labute approximate surface area is 536 Å². The summed E-state index contributed by atoms with van der Waals surface area (Å²) in [5.41, 5.74) is 3.77. The van der Waals surface area contributed by atoms with Gasteiger partial charge in [-0.2, -0.15) is 9.97 Å². The van der Waals surface area contributed by atoms with Gasteiger partial charge in [-0.05, 0) is 126 Å². The molecule has 0 spiro atoms. The third kappa shape index (κ3) is 15.2. The highest BCUT2D eigenvalue weighted by atomic mass is 32.1. The number of fused-ring (bicyclic) bond motifs is 4. The van der Waals surface area contributed by atoms with Crippen LogP contribution in [0, 0.1) is 37.4 Å². The zero-order valence-corrected chi connectivity index (χ0v) is 54.0. The lowest BCUT2D eigenvalue weighted by Crippen LogP contribution is -2.57. The van der Waals surface area contributed by atoms with Gasteiger partial charge in [0, 0.05) is 73.7 Å². The minimum Gasteiger partial charge on any atom is -0.508 e. The second kappa shape index (κ2) is 28.9. The average Bonchev–Trinajstić information content (AvgIpc) is 1.34. The maximum Gasteiger partial charge on any atom is 0.407 e. The van der Waals surface area contributed by atoms with E-state index in [-0.39, 0.29) is 114 Å². The van der Waals surface area contributed by atoms with Gasteiger partial charge in [0.05, 0.1) is 39.3 Å². The molecule has 91 heavy (non-hydrogen) atoms. The predicted molar refractivity (Wildman–Crippen MR) is 350 cm³/mol. The number of aryl methyl sites for hydroxylation is 1. The van der Waals surface area contributed by atoms with Gasteiger partial charge in [-0.3, -0.25) is 24.3 Å². The summed E-state index contributed by atoms with van der Waals surface area (Å²) in [6, 6.07) is 11.7. The summed E-state index contributed by atoms with van der Waals surface area (Å²) in [6.45, 7) is 18.0. The van der Waals surface area contributed by atoms with Crippen LogP contribution in [0.15, 0.2) is 59.0 Å². The third-order valence-electron chi connectivity index (χ3n) is 19.0. The third-order valence-corrected chi connectivity index (χ3v) is 19.9. The van der Waals surface area contributed by atoms with Crippen molar-refractivity contribution < 1.29 is 47.6 Å². The molecule has 0 aliphatic carbocycles. The number of nitrogens with zero attached hydrogens (tertiary/aromatic N) is 7. The summed E-state index contributed by atoms with van der Waals surface area (Å²) >= 11 is 1.57. The molecule has 5 aliphatic rings. The van der Waals surface area contributed by atoms with Crippen LogP contribution >= 0.6 is 11.3 Å². The Bertz CT molecular complexity index is 3560. The number of halogens is 2. The molecule has 4 amide bonds. The van der Waals surface area contributed by atoms with E-state index in [2.05, 4.69) is 53.7 Å². The minimum absolute atomic E-state index is 0.000465. The van der Waals surface area contributed by atoms with Crippen molar-refractivity contribution in [3.8, 4) is 34.5 Å². The van der Waals surface area contributed by atoms with Crippen molar-refractivity contribution in [2.75, 3.05) is 50.8 Å². The molecule has 486 valence electrons. The predicted octanol–water partition coefficient (Wildman–Crippen LogP) is 10.2. The van der Waals surface area contributed by atoms with Crippen molar-refractivity contribution >= 4 is 70.0 Å². The fraction of sp³-hybridized carbons (Fsp3) is 0.536. The maximum atomic E-state index is 17.4. The number of unbranched alkanes of at least 4 members (excludes halogenated alkanes) is 6. The standard InChI is InChI=1S/C69H87F2N11O8S/c1-9-52-54(70)26-23-46-32-50(83)33-53(57(46)52)60(72-8)58(71)59-41(2)63(80-35-47-24-25-48(36-80)76-47)79-66(78-59)90-39-69-28-17-31-82(69)49(27-29-69)38-89-67(88)73-30-16-14-12-10-11-13-15-18-56(85)77-62(68(5,6)7)65(87)81-37-51(84)34-55(81)64(86)75-42(3)44-19-21-45(22-20-44)61-43(4)74-40-91-61/h1,19-23,26,32-33,40,42,47-49,51,55,62,76,83-84H,8,10-18,24-25,27-31,34-39H2,2-7H3,(H,73,88)(H,75,86)(H,77,85)/b60-58+/t42-,47?,48?,49?,51+,55-,62+,69?/m0/s1. The summed E-state index contributed by atoms with van der Waals surface area (Å²) in [5, 5.41) is 34.7. The molecule has 5 fully saturated rings. The first-order chi connectivity index (χ1) is 43.6. The van der Waals surface area contributed by atoms with E-state index >= 15 is 8.78 Å². The van der Waals surface area contributed by atoms with Crippen molar-refractivity contribution in [2.45, 2.75) is 186 Å². The molecule has 3 aromatic carbocycles. The molecule has 22 heteroatoms. The molecular weight excluding hydrogens is 1180 g/mol. The lowest BCUT2D eigenvalue weighted by Gasteiger charge is -2.35. The Hall–Kier alpha value is -7.58. The van der Waals surface area contributed by atoms with Gasteiger partial charge < -0.3 is 50.8 Å². The molecule has 0 saturated carbocycles. The molecule has 2 aromatic heterocycles. The summed E-state index contributed by atoms with van der Waals surface area (Å²) < 4.78 is 45.0. The smallest absolute Gasteiger partial charge is 0.407 e. The van der Waals surface area contributed by atoms with Crippen LogP contribution in [0.25, 0.3) is 32.7 Å². The summed E-state index contributed by atoms with van der Waals surface area (Å²) in [5.74, 6) is 0.205. The van der Waals surface area contributed by atoms with Gasteiger partial charge >= 0.3 is 12.1 Å². The Morgan fingerprint density at radius 2 is 1.69 bits per heavy atom. The second-order valence-electron chi connectivity index (χ2n) is 26.5. The number of piperazine rings is 1. The van der Waals surface area contributed by atoms with E-state index in [0.29, 0.717) is 42.8 Å². The van der Waals surface area contributed by atoms with Crippen molar-refractivity contribution in [1.82, 2.24) is 46.0 Å². The van der Waals surface area contributed by atoms with Gasteiger partial charge in [-0.25, -0.2) is 18.6 Å². The number of likely N-dealkylation sites (tertiary alicyclic amines) is 1. The second-order valence-corrected chi connectivity index (χ2v) is 27.3. The molecule has 5 aliphatic heterocycles. The molecule has 10 rings (SSSR count). The number of hydrogen-bond acceptors (Lipinski definition) is 16. The largest absolute Gasteiger partial charge is 0.508 e. The number of aliphatic hydroxyl groups is 1. The van der Waals surface area contributed by atoms with Gasteiger partial charge in [0.15, 0.2) is 5.83 Å². The fourth-order valence-electron chi connectivity index (χ4n) is 14.1. The van der Waals surface area contributed by atoms with Crippen LogP contribution in [-0.4, -0.2) is 153 Å². The normalized spacial score (nSPS) is 22.3. The van der Waals surface area contributed by atoms with Gasteiger partial charge in [0.2, 0.25) is 17.7 Å². The van der Waals surface area contributed by atoms with Crippen molar-refractivity contribution in [2.24, 2.45) is 10.4 Å². The van der Waals surface area contributed by atoms with Crippen LogP contribution in [-0.2, 0) is 19.1 Å². The number of β-amino-alcohol motifs (C(OH)–C–C–N with tert-alkyl or cyclic N) is 1. The first-order valence-electron chi connectivity index (χ1n) is 32.2. The Balaban J connectivity index is 0.652. The molecule has 0 radical (unpaired) electrons. The SMILES string of the molecule is C#Cc1c(F)ccc2cc(O)cc(/C(N=C)=C(\F)c3nc(OCC45CCCN4C(COC(=O)NCCCCCCCCCC(=O)N[C@H](C(=O)N4C[C@H](O)C[C@H]4C(=O)N[C@@H](C)c4ccc(-c6scnc6C)cc4)C(C)(C)C)CC5)nc(N4CC5CCC(C4)N5)c3C)c12. The topological polar surface area (TPSA) is 236 Å². The van der Waals surface area contributed by atoms with E-state index in [1.165, 1.54) is 29.2 Å². The lowest BCUT2D eigenvalue weighted by atomic mass is 9.85. The van der Waals surface area contributed by atoms with E-state index in [0.717, 1.165) is 105 Å². The number of aromatic nitrogens is 3. The number of aliphatic imine (C=N–C) groups is 1. The highest BCUT2D eigenvalue weighted by Crippen LogP contribution is 2.44. The van der Waals surface area contributed by atoms with Gasteiger partial charge in [0.25, 0.3) is 0 Å². The Morgan fingerprint density at radius 1 is 0.967 bits per heavy atom. The van der Waals surface area contributed by atoms with Crippen LogP contribution in [0.1, 0.15) is 164 Å². The number of phenols is 1. The van der Waals surface area contributed by atoms with Crippen LogP contribution < -0.4 is 30.9 Å². The van der Waals surface area contributed by atoms with Crippen LogP contribution in [0.2, 0.25) is 0 Å². The number of phenolic OH excluding ortho intramolecular Hbond substituents is 1. The highest BCUT2D eigenvalue weighted by Gasteiger charge is 2.51. The number of aromatic hydroxyl groups is 1. The molecule has 8 atom stereocenters. The van der Waals surface area contributed by atoms with Crippen LogP contribution in [0.4, 0.5) is 19.4 Å². The molecule has 4 unspecified atom stereocenters. The quantitative estimate of drug-likeness (QED) is 0.0181. The minimum atomic E-state index is -0.896. The van der Waals surface area contributed by atoms with E-state index in [9.17, 15) is 29.4 Å². The fourth-order valence-corrected chi connectivity index (χ4v) is 14.9. The first kappa shape index (κ1) is 66.3. The number of amides is 4. The number of thiazole rings is 1. The zero-order chi connectivity index (χ0) is 64.7. The molecule has 2 bridgehead atoms. The van der Waals surface area contributed by atoms with Crippen molar-refractivity contribution in [1.29, 1.82) is 0 Å². The zero-order valence-electron chi connectivity index (χ0n) is 53.2. The first-order valence-corrected chi connectivity index (χ1v) is 33.1. The van der Waals surface area contributed by atoms with Crippen molar-refractivity contribution in [3.63, 3.8) is 0 Å². The number of hydrogen-bond donors (Lipinski definition) is 6. The van der Waals surface area contributed by atoms with Gasteiger partial charge in [0.1, 0.15) is 54.1 Å². The van der Waals surface area contributed by atoms with E-state index in [4.69, 9.17) is 25.9 Å². The average molecular weight is 1270 g/mol. The number of aliphatic hydroxyl groups excluding tert-OH is 1. The summed E-state index contributed by atoms with van der Waals surface area (Å²) in [6.07, 6.45) is 16.3. The van der Waals surface area contributed by atoms with Gasteiger partial charge in [-0.15, -0.1) is 17.8 Å². The van der Waals surface area contributed by atoms with E-state index in [1.54, 1.807) is 18.3 Å². The Kier molecular flexibility index (Phi) is 21.1. The number of carbonyl (C=O) groups excluding carboxylic acids is 4. The van der Waals surface area contributed by atoms with E-state index < -0.39 is 47.2 Å².